The lowest BCUT2D eigenvalue weighted by Gasteiger charge is -2.05. The monoisotopic (exact) mass is 170 g/mol. The molecule has 13 heavy (non-hydrogen) atoms. The van der Waals surface area contributed by atoms with Crippen LogP contribution in [-0.4, -0.2) is 19.3 Å². The number of aromatic nitrogens is 1. The van der Waals surface area contributed by atoms with Crippen molar-refractivity contribution in [1.82, 2.24) is 4.98 Å². The lowest BCUT2D eigenvalue weighted by atomic mass is 10.1. The zero-order valence-corrected chi connectivity index (χ0v) is 7.23. The van der Waals surface area contributed by atoms with Gasteiger partial charge in [0.2, 0.25) is 0 Å². The standard InChI is InChI=1S/C10H9BNO/c11-7-13-10-3-1-2-8-4-5-12-6-9(8)10/h1-6,11H,7H2. The van der Waals surface area contributed by atoms with Gasteiger partial charge in [-0.1, -0.05) is 12.1 Å². The second-order valence-corrected chi connectivity index (χ2v) is 2.70. The Labute approximate surface area is 78.0 Å². The molecule has 0 saturated heterocycles. The Hall–Kier alpha value is -1.51. The van der Waals surface area contributed by atoms with Gasteiger partial charge in [-0.3, -0.25) is 4.98 Å². The highest BCUT2D eigenvalue weighted by molar-refractivity contribution is 6.08. The highest BCUT2D eigenvalue weighted by Gasteiger charge is 1.99. The molecule has 2 aromatic rings. The van der Waals surface area contributed by atoms with Crippen LogP contribution in [0.15, 0.2) is 36.7 Å². The first-order valence-electron chi connectivity index (χ1n) is 4.16. The van der Waals surface area contributed by atoms with Crippen molar-refractivity contribution in [3.8, 4) is 5.75 Å². The van der Waals surface area contributed by atoms with Gasteiger partial charge in [0.25, 0.3) is 0 Å². The topological polar surface area (TPSA) is 22.1 Å². The third-order valence-corrected chi connectivity index (χ3v) is 1.90. The molecule has 0 saturated carbocycles. The van der Waals surface area contributed by atoms with Crippen LogP contribution in [0, 0.1) is 0 Å². The maximum Gasteiger partial charge on any atom is 0.139 e. The van der Waals surface area contributed by atoms with Gasteiger partial charge in [0.15, 0.2) is 0 Å². The summed E-state index contributed by atoms with van der Waals surface area (Å²) in [6, 6.07) is 7.89. The minimum Gasteiger partial charge on any atom is -0.502 e. The van der Waals surface area contributed by atoms with Gasteiger partial charge >= 0.3 is 0 Å². The van der Waals surface area contributed by atoms with E-state index in [9.17, 15) is 0 Å². The number of hydrogen-bond donors (Lipinski definition) is 0. The largest absolute Gasteiger partial charge is 0.502 e. The molecule has 1 radical (unpaired) electrons. The number of hydrogen-bond acceptors (Lipinski definition) is 2. The molecule has 2 rings (SSSR count). The van der Waals surface area contributed by atoms with E-state index in [1.807, 2.05) is 24.3 Å². The second-order valence-electron chi connectivity index (χ2n) is 2.70. The summed E-state index contributed by atoms with van der Waals surface area (Å²) >= 11 is 0. The number of pyridine rings is 1. The second kappa shape index (κ2) is 3.48. The molecule has 2 nitrogen and oxygen atoms in total. The summed E-state index contributed by atoms with van der Waals surface area (Å²) in [5.41, 5.74) is 0. The van der Waals surface area contributed by atoms with Crippen molar-refractivity contribution in [3.05, 3.63) is 36.7 Å². The van der Waals surface area contributed by atoms with E-state index in [0.717, 1.165) is 16.5 Å². The minimum atomic E-state index is 0.438. The predicted octanol–water partition coefficient (Wildman–Crippen LogP) is 1.47. The summed E-state index contributed by atoms with van der Waals surface area (Å²) in [5, 5.41) is 2.18. The molecule has 1 heterocycles. The van der Waals surface area contributed by atoms with Crippen molar-refractivity contribution >= 4 is 18.6 Å². The van der Waals surface area contributed by atoms with Crippen LogP contribution < -0.4 is 4.74 Å². The molecule has 0 aliphatic carbocycles. The molecule has 1 aromatic heterocycles. The van der Waals surface area contributed by atoms with Crippen molar-refractivity contribution in [1.29, 1.82) is 0 Å². The quantitative estimate of drug-likeness (QED) is 0.636. The number of nitrogens with zero attached hydrogens (tertiary/aromatic N) is 1. The van der Waals surface area contributed by atoms with E-state index in [1.54, 1.807) is 12.4 Å². The fourth-order valence-corrected chi connectivity index (χ4v) is 1.32. The Morgan fingerprint density at radius 2 is 2.23 bits per heavy atom. The Bertz CT molecular complexity index is 411. The van der Waals surface area contributed by atoms with Crippen LogP contribution in [0.5, 0.6) is 5.75 Å². The highest BCUT2D eigenvalue weighted by Crippen LogP contribution is 2.23. The molecule has 0 bridgehead atoms. The molecule has 3 heteroatoms. The van der Waals surface area contributed by atoms with Crippen LogP contribution in [0.3, 0.4) is 0 Å². The Morgan fingerprint density at radius 1 is 1.31 bits per heavy atom. The van der Waals surface area contributed by atoms with Gasteiger partial charge in [-0.05, 0) is 17.5 Å². The van der Waals surface area contributed by atoms with E-state index in [-0.39, 0.29) is 0 Å². The predicted molar refractivity (Wildman–Crippen MR) is 54.4 cm³/mol. The van der Waals surface area contributed by atoms with Crippen molar-refractivity contribution in [2.75, 3.05) is 6.51 Å². The summed E-state index contributed by atoms with van der Waals surface area (Å²) in [6.07, 6.45) is 3.58. The fourth-order valence-electron chi connectivity index (χ4n) is 1.32. The molecule has 0 aliphatic heterocycles. The molecule has 0 N–H and O–H groups in total. The molecule has 0 fully saturated rings. The zero-order chi connectivity index (χ0) is 9.10. The normalized spacial score (nSPS) is 10.2. The van der Waals surface area contributed by atoms with Crippen molar-refractivity contribution in [2.24, 2.45) is 0 Å². The van der Waals surface area contributed by atoms with E-state index in [4.69, 9.17) is 4.74 Å². The molecular formula is C10H9BNO. The lowest BCUT2D eigenvalue weighted by Crippen LogP contribution is -1.95. The van der Waals surface area contributed by atoms with Gasteiger partial charge in [-0.15, -0.1) is 0 Å². The summed E-state index contributed by atoms with van der Waals surface area (Å²) in [6.45, 7) is 0.438. The first-order valence-corrected chi connectivity index (χ1v) is 4.16. The van der Waals surface area contributed by atoms with E-state index in [1.165, 1.54) is 0 Å². The van der Waals surface area contributed by atoms with Crippen LogP contribution in [0.2, 0.25) is 0 Å². The van der Waals surface area contributed by atoms with Crippen LogP contribution in [0.1, 0.15) is 0 Å². The Morgan fingerprint density at radius 3 is 3.08 bits per heavy atom. The lowest BCUT2D eigenvalue weighted by molar-refractivity contribution is 0.392. The summed E-state index contributed by atoms with van der Waals surface area (Å²) in [5.74, 6) is 0.848. The Kier molecular flexibility index (Phi) is 2.17. The van der Waals surface area contributed by atoms with Crippen molar-refractivity contribution in [2.45, 2.75) is 0 Å². The van der Waals surface area contributed by atoms with E-state index in [0.29, 0.717) is 6.51 Å². The number of rotatable bonds is 2. The minimum absolute atomic E-state index is 0.438. The smallest absolute Gasteiger partial charge is 0.139 e. The summed E-state index contributed by atoms with van der Waals surface area (Å²) in [7, 11) is 3.65. The first-order chi connectivity index (χ1) is 6.42. The molecule has 0 amide bonds. The van der Waals surface area contributed by atoms with E-state index in [2.05, 4.69) is 12.8 Å². The summed E-state index contributed by atoms with van der Waals surface area (Å²) in [4.78, 5) is 4.06. The van der Waals surface area contributed by atoms with E-state index < -0.39 is 0 Å². The summed E-state index contributed by atoms with van der Waals surface area (Å²) < 4.78 is 5.37. The van der Waals surface area contributed by atoms with Crippen molar-refractivity contribution < 1.29 is 4.74 Å². The maximum absolute atomic E-state index is 5.37. The van der Waals surface area contributed by atoms with E-state index >= 15 is 0 Å². The number of fused-ring (bicyclic) bond motifs is 1. The SMILES string of the molecule is [BH]COc1cccc2ccncc12. The Balaban J connectivity index is 2.61. The third kappa shape index (κ3) is 1.50. The molecule has 0 unspecified atom stereocenters. The molecule has 0 spiro atoms. The average molecular weight is 170 g/mol. The van der Waals surface area contributed by atoms with Gasteiger partial charge in [-0.25, -0.2) is 0 Å². The van der Waals surface area contributed by atoms with Gasteiger partial charge in [0, 0.05) is 24.3 Å². The molecule has 63 valence electrons. The van der Waals surface area contributed by atoms with Crippen LogP contribution >= 0.6 is 0 Å². The van der Waals surface area contributed by atoms with Gasteiger partial charge in [-0.2, -0.15) is 0 Å². The zero-order valence-electron chi connectivity index (χ0n) is 7.23. The number of ether oxygens (including phenoxy) is 1. The fraction of sp³-hybridized carbons (Fsp3) is 0.100. The van der Waals surface area contributed by atoms with Gasteiger partial charge in [0.1, 0.15) is 13.6 Å². The van der Waals surface area contributed by atoms with Crippen LogP contribution in [-0.2, 0) is 0 Å². The van der Waals surface area contributed by atoms with Gasteiger partial charge < -0.3 is 4.74 Å². The molecular weight excluding hydrogens is 161 g/mol. The molecule has 0 atom stereocenters. The third-order valence-electron chi connectivity index (χ3n) is 1.90. The average Bonchev–Trinajstić information content (AvgIpc) is 2.19. The van der Waals surface area contributed by atoms with Crippen LogP contribution in [0.4, 0.5) is 0 Å². The van der Waals surface area contributed by atoms with Crippen molar-refractivity contribution in [3.63, 3.8) is 0 Å². The molecule has 0 aliphatic rings. The van der Waals surface area contributed by atoms with Crippen LogP contribution in [0.25, 0.3) is 10.8 Å². The number of benzene rings is 1. The molecule has 1 aromatic carbocycles. The first kappa shape index (κ1) is 8.11. The van der Waals surface area contributed by atoms with Gasteiger partial charge in [0.05, 0.1) is 0 Å². The highest BCUT2D eigenvalue weighted by atomic mass is 16.5. The maximum atomic E-state index is 5.37.